The fraction of sp³-hybridized carbons (Fsp3) is 1.00. The van der Waals surface area contributed by atoms with Gasteiger partial charge in [0.15, 0.2) is 12.6 Å². The highest BCUT2D eigenvalue weighted by atomic mass is 16.7. The lowest BCUT2D eigenvalue weighted by Gasteiger charge is -2.45. The molecule has 0 aromatic rings. The third kappa shape index (κ3) is 3.71. The first kappa shape index (κ1) is 19.9. The van der Waals surface area contributed by atoms with Crippen molar-refractivity contribution in [3.8, 4) is 0 Å². The number of ether oxygens (including phenoxy) is 4. The molecule has 11 heteroatoms. The molecule has 2 aliphatic heterocycles. The van der Waals surface area contributed by atoms with Crippen molar-refractivity contribution in [3.05, 3.63) is 0 Å². The second-order valence-electron chi connectivity index (χ2n) is 5.74. The molecular weight excluding hydrogens is 332 g/mol. The molecule has 2 rings (SSSR count). The minimum Gasteiger partial charge on any atom is -0.394 e. The molecule has 2 heterocycles. The van der Waals surface area contributed by atoms with Crippen LogP contribution in [-0.2, 0) is 18.9 Å². The lowest BCUT2D eigenvalue weighted by Crippen LogP contribution is -2.64. The molecule has 8 unspecified atom stereocenters. The Morgan fingerprint density at radius 3 is 1.83 bits per heavy atom. The summed E-state index contributed by atoms with van der Waals surface area (Å²) in [6.07, 6.45) is -14.2. The largest absolute Gasteiger partial charge is 0.394 e. The Hall–Kier alpha value is -0.440. The molecule has 10 atom stereocenters. The van der Waals surface area contributed by atoms with Crippen LogP contribution in [0.5, 0.6) is 0 Å². The zero-order valence-corrected chi connectivity index (χ0v) is 13.0. The Bertz CT molecular complexity index is 392. The topological polar surface area (TPSA) is 179 Å². The van der Waals surface area contributed by atoms with Crippen LogP contribution in [0.3, 0.4) is 0 Å². The zero-order chi connectivity index (χ0) is 18.0. The van der Waals surface area contributed by atoms with Gasteiger partial charge in [0.1, 0.15) is 48.8 Å². The van der Waals surface area contributed by atoms with Gasteiger partial charge in [0, 0.05) is 7.11 Å². The summed E-state index contributed by atoms with van der Waals surface area (Å²) in [6, 6.07) is 0. The summed E-state index contributed by atoms with van der Waals surface area (Å²) in [5.74, 6) is 0. The van der Waals surface area contributed by atoms with Crippen molar-refractivity contribution in [2.24, 2.45) is 0 Å². The van der Waals surface area contributed by atoms with Crippen LogP contribution < -0.4 is 0 Å². The van der Waals surface area contributed by atoms with Crippen molar-refractivity contribution in [2.75, 3.05) is 20.3 Å². The maximum Gasteiger partial charge on any atom is 0.187 e. The van der Waals surface area contributed by atoms with Gasteiger partial charge in [0.2, 0.25) is 0 Å². The monoisotopic (exact) mass is 356 g/mol. The van der Waals surface area contributed by atoms with Gasteiger partial charge in [0.05, 0.1) is 13.2 Å². The Morgan fingerprint density at radius 1 is 0.750 bits per heavy atom. The summed E-state index contributed by atoms with van der Waals surface area (Å²) in [6.45, 7) is -1.18. The van der Waals surface area contributed by atoms with Gasteiger partial charge in [-0.3, -0.25) is 0 Å². The molecule has 0 bridgehead atoms. The molecule has 0 spiro atoms. The number of methoxy groups -OCH3 is 1. The van der Waals surface area contributed by atoms with Crippen LogP contribution in [0.1, 0.15) is 0 Å². The normalized spacial score (nSPS) is 50.0. The van der Waals surface area contributed by atoms with Crippen molar-refractivity contribution >= 4 is 0 Å². The third-order valence-corrected chi connectivity index (χ3v) is 4.22. The van der Waals surface area contributed by atoms with Gasteiger partial charge in [-0.2, -0.15) is 0 Å². The number of aliphatic hydroxyl groups excluding tert-OH is 7. The van der Waals surface area contributed by atoms with E-state index in [0.29, 0.717) is 0 Å². The first-order chi connectivity index (χ1) is 11.3. The predicted molar refractivity (Wildman–Crippen MR) is 73.4 cm³/mol. The van der Waals surface area contributed by atoms with Gasteiger partial charge >= 0.3 is 0 Å². The van der Waals surface area contributed by atoms with E-state index in [1.807, 2.05) is 0 Å². The first-order valence-electron chi connectivity index (χ1n) is 7.46. The highest BCUT2D eigenvalue weighted by Gasteiger charge is 2.50. The van der Waals surface area contributed by atoms with E-state index in [1.165, 1.54) is 7.11 Å². The fourth-order valence-corrected chi connectivity index (χ4v) is 2.85. The molecule has 0 radical (unpaired) electrons. The minimum absolute atomic E-state index is 0.531. The average molecular weight is 356 g/mol. The van der Waals surface area contributed by atoms with Crippen LogP contribution in [0.15, 0.2) is 0 Å². The van der Waals surface area contributed by atoms with E-state index >= 15 is 0 Å². The highest BCUT2D eigenvalue weighted by molar-refractivity contribution is 4.94. The van der Waals surface area contributed by atoms with E-state index in [2.05, 4.69) is 0 Å². The van der Waals surface area contributed by atoms with Gasteiger partial charge in [-0.05, 0) is 0 Å². The standard InChI is InChI=1S/C13H24O11/c1-21-10-4(2-14)23-13(9(19)7(10)17)24-11-5(3-15)22-12(20)8(18)6(11)16/h4-20H,2-3H2,1H3/t4?,5-,6?,7?,8?,9?,10?,11?,12+,13?/m0/s1. The second kappa shape index (κ2) is 8.29. The van der Waals surface area contributed by atoms with Crippen molar-refractivity contribution < 1.29 is 54.7 Å². The molecule has 7 N–H and O–H groups in total. The minimum atomic E-state index is -1.72. The van der Waals surface area contributed by atoms with Gasteiger partial charge < -0.3 is 54.7 Å². The van der Waals surface area contributed by atoms with E-state index in [-0.39, 0.29) is 0 Å². The summed E-state index contributed by atoms with van der Waals surface area (Å²) in [4.78, 5) is 0. The van der Waals surface area contributed by atoms with Crippen LogP contribution >= 0.6 is 0 Å². The highest BCUT2D eigenvalue weighted by Crippen LogP contribution is 2.29. The summed E-state index contributed by atoms with van der Waals surface area (Å²) in [5.41, 5.74) is 0. The van der Waals surface area contributed by atoms with Crippen LogP contribution in [0.4, 0.5) is 0 Å². The predicted octanol–water partition coefficient (Wildman–Crippen LogP) is -4.74. The van der Waals surface area contributed by atoms with Crippen molar-refractivity contribution in [2.45, 2.75) is 61.4 Å². The third-order valence-electron chi connectivity index (χ3n) is 4.22. The van der Waals surface area contributed by atoms with E-state index in [0.717, 1.165) is 0 Å². The summed E-state index contributed by atoms with van der Waals surface area (Å²) in [7, 11) is 1.27. The molecule has 0 amide bonds. The Morgan fingerprint density at radius 2 is 1.29 bits per heavy atom. The average Bonchev–Trinajstić information content (AvgIpc) is 2.58. The van der Waals surface area contributed by atoms with Crippen molar-refractivity contribution in [1.29, 1.82) is 0 Å². The molecule has 11 nitrogen and oxygen atoms in total. The lowest BCUT2D eigenvalue weighted by molar-refractivity contribution is -0.356. The maximum absolute atomic E-state index is 10.1. The first-order valence-corrected chi connectivity index (χ1v) is 7.46. The Kier molecular flexibility index (Phi) is 6.87. The maximum atomic E-state index is 10.1. The summed E-state index contributed by atoms with van der Waals surface area (Å²) < 4.78 is 20.6. The molecule has 0 aromatic heterocycles. The Labute approximate surface area is 137 Å². The molecule has 0 aliphatic carbocycles. The summed E-state index contributed by atoms with van der Waals surface area (Å²) >= 11 is 0. The molecular formula is C13H24O11. The Balaban J connectivity index is 2.12. The van der Waals surface area contributed by atoms with E-state index < -0.39 is 74.6 Å². The van der Waals surface area contributed by atoms with E-state index in [1.54, 1.807) is 0 Å². The van der Waals surface area contributed by atoms with Crippen LogP contribution in [0.25, 0.3) is 0 Å². The van der Waals surface area contributed by atoms with Crippen LogP contribution in [-0.4, -0.2) is 117 Å². The quantitative estimate of drug-likeness (QED) is 0.251. The van der Waals surface area contributed by atoms with Crippen LogP contribution in [0.2, 0.25) is 0 Å². The zero-order valence-electron chi connectivity index (χ0n) is 13.0. The van der Waals surface area contributed by atoms with E-state index in [4.69, 9.17) is 18.9 Å². The van der Waals surface area contributed by atoms with Gasteiger partial charge in [-0.1, -0.05) is 0 Å². The van der Waals surface area contributed by atoms with Gasteiger partial charge in [-0.15, -0.1) is 0 Å². The van der Waals surface area contributed by atoms with Crippen molar-refractivity contribution in [1.82, 2.24) is 0 Å². The van der Waals surface area contributed by atoms with Crippen LogP contribution in [0, 0.1) is 0 Å². The molecule has 2 aliphatic rings. The molecule has 0 saturated carbocycles. The molecule has 142 valence electrons. The summed E-state index contributed by atoms with van der Waals surface area (Å²) in [5, 5.41) is 67.8. The number of aliphatic hydroxyl groups is 7. The molecule has 0 aromatic carbocycles. The van der Waals surface area contributed by atoms with E-state index in [9.17, 15) is 35.7 Å². The lowest BCUT2D eigenvalue weighted by atomic mass is 9.97. The molecule has 2 saturated heterocycles. The molecule has 2 fully saturated rings. The number of rotatable bonds is 5. The smallest absolute Gasteiger partial charge is 0.187 e. The van der Waals surface area contributed by atoms with Gasteiger partial charge in [0.25, 0.3) is 0 Å². The van der Waals surface area contributed by atoms with Gasteiger partial charge in [-0.25, -0.2) is 0 Å². The number of hydrogen-bond donors (Lipinski definition) is 7. The second-order valence-corrected chi connectivity index (χ2v) is 5.74. The number of hydrogen-bond acceptors (Lipinski definition) is 11. The fourth-order valence-electron chi connectivity index (χ4n) is 2.85. The molecule has 24 heavy (non-hydrogen) atoms. The SMILES string of the molecule is COC1C(CO)OC(OC2C(O)C(O)[C@H](O)O[C@H]2CO)C(O)C1O. The van der Waals surface area contributed by atoms with Crippen molar-refractivity contribution in [3.63, 3.8) is 0 Å².